The Kier molecular flexibility index (Phi) is 4.18. The van der Waals surface area contributed by atoms with Gasteiger partial charge in [-0.3, -0.25) is 4.90 Å². The first-order valence-electron chi connectivity index (χ1n) is 6.03. The molecule has 0 amide bonds. The van der Waals surface area contributed by atoms with E-state index in [1.165, 1.54) is 0 Å². The maximum absolute atomic E-state index is 9.95. The largest absolute Gasteiger partial charge is 0.508 e. The van der Waals surface area contributed by atoms with Gasteiger partial charge in [-0.1, -0.05) is 24.3 Å². The quantitative estimate of drug-likeness (QED) is 0.810. The third kappa shape index (κ3) is 2.87. The van der Waals surface area contributed by atoms with Crippen LogP contribution in [0.25, 0.3) is 0 Å². The number of ether oxygens (including phenoxy) is 1. The lowest BCUT2D eigenvalue weighted by atomic mass is 10.0. The highest BCUT2D eigenvalue weighted by Crippen LogP contribution is 2.31. The fourth-order valence-corrected chi connectivity index (χ4v) is 2.29. The number of hydrogen-bond donors (Lipinski definition) is 1. The molecular weight excluding hydrogens is 214 g/mol. The van der Waals surface area contributed by atoms with Crippen LogP contribution in [0, 0.1) is 0 Å². The number of phenols is 1. The molecule has 17 heavy (non-hydrogen) atoms. The fraction of sp³-hybridized carbons (Fsp3) is 0.429. The van der Waals surface area contributed by atoms with E-state index in [1.807, 2.05) is 24.3 Å². The molecule has 3 nitrogen and oxygen atoms in total. The first-order valence-corrected chi connectivity index (χ1v) is 6.03. The summed E-state index contributed by atoms with van der Waals surface area (Å²) in [5, 5.41) is 9.95. The molecule has 1 saturated heterocycles. The van der Waals surface area contributed by atoms with E-state index in [-0.39, 0.29) is 6.04 Å². The maximum Gasteiger partial charge on any atom is 0.120 e. The number of morpholine rings is 1. The lowest BCUT2D eigenvalue weighted by Gasteiger charge is -2.34. The first kappa shape index (κ1) is 12.1. The Labute approximate surface area is 102 Å². The van der Waals surface area contributed by atoms with Crippen molar-refractivity contribution in [1.29, 1.82) is 0 Å². The molecule has 1 atom stereocenters. The van der Waals surface area contributed by atoms with Crippen LogP contribution in [-0.2, 0) is 4.74 Å². The van der Waals surface area contributed by atoms with E-state index >= 15 is 0 Å². The van der Waals surface area contributed by atoms with E-state index in [1.54, 1.807) is 6.07 Å². The van der Waals surface area contributed by atoms with Crippen molar-refractivity contribution in [2.24, 2.45) is 0 Å². The van der Waals surface area contributed by atoms with Crippen LogP contribution in [-0.4, -0.2) is 36.3 Å². The highest BCUT2D eigenvalue weighted by atomic mass is 16.5. The molecule has 0 radical (unpaired) electrons. The van der Waals surface area contributed by atoms with Gasteiger partial charge in [-0.2, -0.15) is 0 Å². The average molecular weight is 233 g/mol. The van der Waals surface area contributed by atoms with Gasteiger partial charge in [-0.05, 0) is 12.5 Å². The molecule has 1 aromatic rings. The second-order valence-electron chi connectivity index (χ2n) is 4.25. The molecule has 92 valence electrons. The Balaban J connectivity index is 2.21. The molecule has 0 bridgehead atoms. The second kappa shape index (κ2) is 5.84. The number of phenolic OH excluding ortho intramolecular Hbond substituents is 1. The minimum absolute atomic E-state index is 0.206. The predicted molar refractivity (Wildman–Crippen MR) is 68.1 cm³/mol. The van der Waals surface area contributed by atoms with E-state index in [0.717, 1.165) is 38.3 Å². The summed E-state index contributed by atoms with van der Waals surface area (Å²) < 4.78 is 5.36. The van der Waals surface area contributed by atoms with Gasteiger partial charge < -0.3 is 9.84 Å². The molecule has 1 N–H and O–H groups in total. The molecule has 1 heterocycles. The van der Waals surface area contributed by atoms with E-state index in [4.69, 9.17) is 4.74 Å². The molecule has 1 aliphatic rings. The number of aromatic hydroxyl groups is 1. The number of hydrogen-bond acceptors (Lipinski definition) is 3. The molecule has 0 saturated carbocycles. The van der Waals surface area contributed by atoms with E-state index in [0.29, 0.717) is 5.75 Å². The third-order valence-corrected chi connectivity index (χ3v) is 3.17. The summed E-state index contributed by atoms with van der Waals surface area (Å²) >= 11 is 0. The van der Waals surface area contributed by atoms with Crippen LogP contribution < -0.4 is 0 Å². The van der Waals surface area contributed by atoms with Gasteiger partial charge in [0, 0.05) is 24.7 Å². The summed E-state index contributed by atoms with van der Waals surface area (Å²) in [4.78, 5) is 2.35. The van der Waals surface area contributed by atoms with Crippen molar-refractivity contribution in [3.63, 3.8) is 0 Å². The minimum Gasteiger partial charge on any atom is -0.508 e. The summed E-state index contributed by atoms with van der Waals surface area (Å²) in [5.74, 6) is 0.367. The van der Waals surface area contributed by atoms with Crippen LogP contribution in [0.3, 0.4) is 0 Å². The zero-order chi connectivity index (χ0) is 12.1. The lowest BCUT2D eigenvalue weighted by Crippen LogP contribution is -2.38. The van der Waals surface area contributed by atoms with Crippen LogP contribution >= 0.6 is 0 Å². The van der Waals surface area contributed by atoms with Gasteiger partial charge >= 0.3 is 0 Å². The van der Waals surface area contributed by atoms with Gasteiger partial charge in [0.25, 0.3) is 0 Å². The minimum atomic E-state index is 0.206. The summed E-state index contributed by atoms with van der Waals surface area (Å²) in [6, 6.07) is 7.75. The highest BCUT2D eigenvalue weighted by Gasteiger charge is 2.23. The number of rotatable bonds is 4. The number of benzene rings is 1. The zero-order valence-corrected chi connectivity index (χ0v) is 10.0. The zero-order valence-electron chi connectivity index (χ0n) is 10.0. The Morgan fingerprint density at radius 2 is 2.06 bits per heavy atom. The van der Waals surface area contributed by atoms with Gasteiger partial charge in [0.15, 0.2) is 0 Å². The first-order chi connectivity index (χ1) is 8.33. The van der Waals surface area contributed by atoms with Gasteiger partial charge in [-0.15, -0.1) is 6.58 Å². The molecule has 0 spiro atoms. The lowest BCUT2D eigenvalue weighted by molar-refractivity contribution is 0.0162. The molecule has 1 fully saturated rings. The molecule has 1 aromatic carbocycles. The van der Waals surface area contributed by atoms with Crippen molar-refractivity contribution in [1.82, 2.24) is 4.90 Å². The molecule has 0 aliphatic carbocycles. The van der Waals surface area contributed by atoms with Crippen LogP contribution in [0.5, 0.6) is 5.75 Å². The van der Waals surface area contributed by atoms with Crippen LogP contribution in [0.15, 0.2) is 36.9 Å². The van der Waals surface area contributed by atoms with Crippen molar-refractivity contribution in [2.75, 3.05) is 26.3 Å². The number of para-hydroxylation sites is 1. The normalized spacial score (nSPS) is 18.8. The van der Waals surface area contributed by atoms with E-state index in [9.17, 15) is 5.11 Å². The molecule has 3 heteroatoms. The van der Waals surface area contributed by atoms with E-state index in [2.05, 4.69) is 11.5 Å². The molecule has 1 aliphatic heterocycles. The van der Waals surface area contributed by atoms with Gasteiger partial charge in [-0.25, -0.2) is 0 Å². The standard InChI is InChI=1S/C14H19NO2/c1-2-5-13(15-8-10-17-11-9-15)12-6-3-4-7-14(12)16/h2-4,6-7,13,16H,1,5,8-11H2. The summed E-state index contributed by atoms with van der Waals surface area (Å²) in [5.41, 5.74) is 0.981. The van der Waals surface area contributed by atoms with Crippen molar-refractivity contribution < 1.29 is 9.84 Å². The SMILES string of the molecule is C=CCC(c1ccccc1O)N1CCOCC1. The summed E-state index contributed by atoms with van der Waals surface area (Å²) in [6.07, 6.45) is 2.75. The van der Waals surface area contributed by atoms with Crippen molar-refractivity contribution in [2.45, 2.75) is 12.5 Å². The second-order valence-corrected chi connectivity index (χ2v) is 4.25. The Morgan fingerprint density at radius 1 is 1.35 bits per heavy atom. The maximum atomic E-state index is 9.95. The predicted octanol–water partition coefficient (Wildman–Crippen LogP) is 2.34. The number of nitrogens with zero attached hydrogens (tertiary/aromatic N) is 1. The fourth-order valence-electron chi connectivity index (χ4n) is 2.29. The molecule has 2 rings (SSSR count). The topological polar surface area (TPSA) is 32.7 Å². The molecule has 0 aromatic heterocycles. The Morgan fingerprint density at radius 3 is 2.71 bits per heavy atom. The van der Waals surface area contributed by atoms with Gasteiger partial charge in [0.2, 0.25) is 0 Å². The Bertz CT molecular complexity index is 372. The molecular formula is C14H19NO2. The molecule has 1 unspecified atom stereocenters. The van der Waals surface area contributed by atoms with Crippen molar-refractivity contribution in [3.05, 3.63) is 42.5 Å². The van der Waals surface area contributed by atoms with Crippen molar-refractivity contribution >= 4 is 0 Å². The summed E-state index contributed by atoms with van der Waals surface area (Å²) in [7, 11) is 0. The van der Waals surface area contributed by atoms with Crippen LogP contribution in [0.4, 0.5) is 0 Å². The monoisotopic (exact) mass is 233 g/mol. The smallest absolute Gasteiger partial charge is 0.120 e. The van der Waals surface area contributed by atoms with E-state index < -0.39 is 0 Å². The Hall–Kier alpha value is -1.32. The summed E-state index contributed by atoms with van der Waals surface area (Å²) in [6.45, 7) is 7.16. The van der Waals surface area contributed by atoms with Crippen LogP contribution in [0.1, 0.15) is 18.0 Å². The van der Waals surface area contributed by atoms with Gasteiger partial charge in [0.05, 0.1) is 13.2 Å². The van der Waals surface area contributed by atoms with Crippen LogP contribution in [0.2, 0.25) is 0 Å². The van der Waals surface area contributed by atoms with Crippen molar-refractivity contribution in [3.8, 4) is 5.75 Å². The highest BCUT2D eigenvalue weighted by molar-refractivity contribution is 5.35. The average Bonchev–Trinajstić information content (AvgIpc) is 2.38. The van der Waals surface area contributed by atoms with Gasteiger partial charge in [0.1, 0.15) is 5.75 Å². The third-order valence-electron chi connectivity index (χ3n) is 3.17.